The van der Waals surface area contributed by atoms with Gasteiger partial charge in [0.25, 0.3) is 0 Å². The van der Waals surface area contributed by atoms with Crippen LogP contribution in [0.15, 0.2) is 71.9 Å². The molecule has 0 radical (unpaired) electrons. The van der Waals surface area contributed by atoms with Crippen LogP contribution < -0.4 is 10.6 Å². The molecular weight excluding hydrogens is 354 g/mol. The summed E-state index contributed by atoms with van der Waals surface area (Å²) in [6.45, 7) is 1.93. The lowest BCUT2D eigenvalue weighted by molar-refractivity contribution is -0.129. The summed E-state index contributed by atoms with van der Waals surface area (Å²) < 4.78 is 0. The molecule has 28 heavy (non-hydrogen) atoms. The number of hydrogen-bond acceptors (Lipinski definition) is 5. The molecule has 0 heterocycles. The van der Waals surface area contributed by atoms with Crippen molar-refractivity contribution < 1.29 is 14.7 Å². The van der Waals surface area contributed by atoms with Crippen molar-refractivity contribution in [2.24, 2.45) is 5.16 Å². The van der Waals surface area contributed by atoms with E-state index in [9.17, 15) is 15.2 Å². The molecule has 0 spiro atoms. The molecule has 3 N–H and O–H groups in total. The first-order valence-electron chi connectivity index (χ1n) is 8.44. The number of nitriles is 1. The molecule has 0 saturated heterocycles. The number of aliphatic carboxylic acids is 1. The van der Waals surface area contributed by atoms with Gasteiger partial charge >= 0.3 is 5.97 Å². The van der Waals surface area contributed by atoms with Crippen LogP contribution in [0.3, 0.4) is 0 Å². The number of benzene rings is 3. The lowest BCUT2D eigenvalue weighted by Gasteiger charge is -2.11. The minimum atomic E-state index is -1.27. The van der Waals surface area contributed by atoms with Crippen molar-refractivity contribution in [2.75, 3.05) is 5.73 Å². The summed E-state index contributed by atoms with van der Waals surface area (Å²) >= 11 is 0. The van der Waals surface area contributed by atoms with Crippen molar-refractivity contribution >= 4 is 17.4 Å². The van der Waals surface area contributed by atoms with Crippen LogP contribution >= 0.6 is 0 Å². The van der Waals surface area contributed by atoms with E-state index in [1.165, 1.54) is 6.07 Å². The van der Waals surface area contributed by atoms with Crippen LogP contribution in [0, 0.1) is 18.3 Å². The molecule has 6 nitrogen and oxygen atoms in total. The third-order valence-electron chi connectivity index (χ3n) is 4.10. The molecule has 0 bridgehead atoms. The van der Waals surface area contributed by atoms with Gasteiger partial charge < -0.3 is 15.7 Å². The molecule has 0 aliphatic heterocycles. The molecule has 3 aromatic carbocycles. The van der Waals surface area contributed by atoms with Gasteiger partial charge in [0.2, 0.25) is 0 Å². The molecule has 0 fully saturated rings. The highest BCUT2D eigenvalue weighted by Gasteiger charge is 2.19. The van der Waals surface area contributed by atoms with Crippen LogP contribution in [-0.2, 0) is 4.79 Å². The Kier molecular flexibility index (Phi) is 5.38. The fraction of sp³-hybridized carbons (Fsp3) is 0.0455. The molecule has 0 aliphatic carbocycles. The summed E-state index contributed by atoms with van der Waals surface area (Å²) in [5, 5.41) is 22.9. The van der Waals surface area contributed by atoms with Crippen LogP contribution in [0.4, 0.5) is 5.69 Å². The number of nitrogen functional groups attached to an aromatic ring is 1. The van der Waals surface area contributed by atoms with Crippen LogP contribution in [0.5, 0.6) is 5.75 Å². The standard InChI is InChI=1S/C22H17N3O3/c1-14-7-9-17(10-8-14)28-25-21(22(26)27)16-11-18(15-5-3-2-4-6-15)19(13-23)20(24)12-16/h2-12H,24H2,1H3,(H,26,27)/b25-21+. The number of hydrogen-bond donors (Lipinski definition) is 2. The Morgan fingerprint density at radius 3 is 2.39 bits per heavy atom. The zero-order valence-electron chi connectivity index (χ0n) is 15.1. The van der Waals surface area contributed by atoms with E-state index in [0.717, 1.165) is 11.1 Å². The number of carbonyl (C=O) groups is 1. The molecule has 0 unspecified atom stereocenters. The monoisotopic (exact) mass is 371 g/mol. The smallest absolute Gasteiger partial charge is 0.358 e. The van der Waals surface area contributed by atoms with E-state index < -0.39 is 5.97 Å². The maximum atomic E-state index is 11.8. The average Bonchev–Trinajstić information content (AvgIpc) is 2.69. The quantitative estimate of drug-likeness (QED) is 0.400. The van der Waals surface area contributed by atoms with Gasteiger partial charge in [-0.1, -0.05) is 53.2 Å². The number of carboxylic acid groups (broad SMARTS) is 1. The van der Waals surface area contributed by atoms with E-state index in [2.05, 4.69) is 11.2 Å². The van der Waals surface area contributed by atoms with Gasteiger partial charge in [0.15, 0.2) is 11.5 Å². The maximum Gasteiger partial charge on any atom is 0.358 e. The zero-order chi connectivity index (χ0) is 20.1. The molecule has 0 saturated carbocycles. The van der Waals surface area contributed by atoms with Crippen molar-refractivity contribution in [2.45, 2.75) is 6.92 Å². The molecule has 0 atom stereocenters. The molecule has 3 aromatic rings. The average molecular weight is 371 g/mol. The van der Waals surface area contributed by atoms with E-state index in [0.29, 0.717) is 11.3 Å². The first kappa shape index (κ1) is 18.7. The van der Waals surface area contributed by atoms with Crippen LogP contribution in [0.2, 0.25) is 0 Å². The SMILES string of the molecule is Cc1ccc(O/N=C(/C(=O)O)c2cc(N)c(C#N)c(-c3ccccc3)c2)cc1. The Bertz CT molecular complexity index is 1080. The van der Waals surface area contributed by atoms with Crippen molar-refractivity contribution in [3.8, 4) is 22.9 Å². The van der Waals surface area contributed by atoms with E-state index in [1.807, 2.05) is 49.4 Å². The molecule has 3 rings (SSSR count). The second-order valence-electron chi connectivity index (χ2n) is 6.12. The van der Waals surface area contributed by atoms with Gasteiger partial charge in [-0.3, -0.25) is 0 Å². The topological polar surface area (TPSA) is 109 Å². The summed E-state index contributed by atoms with van der Waals surface area (Å²) in [4.78, 5) is 17.1. The van der Waals surface area contributed by atoms with Crippen molar-refractivity contribution in [1.29, 1.82) is 5.26 Å². The van der Waals surface area contributed by atoms with Crippen molar-refractivity contribution in [3.05, 3.63) is 83.4 Å². The highest BCUT2D eigenvalue weighted by Crippen LogP contribution is 2.29. The number of nitrogens with two attached hydrogens (primary N) is 1. The van der Waals surface area contributed by atoms with Crippen LogP contribution in [-0.4, -0.2) is 16.8 Å². The van der Waals surface area contributed by atoms with E-state index in [4.69, 9.17) is 10.6 Å². The van der Waals surface area contributed by atoms with Crippen molar-refractivity contribution in [1.82, 2.24) is 0 Å². The van der Waals surface area contributed by atoms with Gasteiger partial charge in [0, 0.05) is 11.1 Å². The number of nitrogens with zero attached hydrogens (tertiary/aromatic N) is 2. The third-order valence-corrected chi connectivity index (χ3v) is 4.10. The maximum absolute atomic E-state index is 11.8. The van der Waals surface area contributed by atoms with Gasteiger partial charge in [0.05, 0.1) is 11.3 Å². The van der Waals surface area contributed by atoms with E-state index >= 15 is 0 Å². The largest absolute Gasteiger partial charge is 0.476 e. The highest BCUT2D eigenvalue weighted by molar-refractivity contribution is 6.42. The summed E-state index contributed by atoms with van der Waals surface area (Å²) in [5.41, 5.74) is 8.72. The minimum absolute atomic E-state index is 0.170. The summed E-state index contributed by atoms with van der Waals surface area (Å²) in [6.07, 6.45) is 0. The number of anilines is 1. The van der Waals surface area contributed by atoms with Crippen LogP contribution in [0.25, 0.3) is 11.1 Å². The Balaban J connectivity index is 2.07. The Hall–Kier alpha value is -4.11. The zero-order valence-corrected chi connectivity index (χ0v) is 15.1. The molecule has 0 aromatic heterocycles. The summed E-state index contributed by atoms with van der Waals surface area (Å²) in [7, 11) is 0. The number of carboxylic acids is 1. The Labute approximate surface area is 162 Å². The third kappa shape index (κ3) is 4.00. The van der Waals surface area contributed by atoms with Gasteiger partial charge in [-0.25, -0.2) is 4.79 Å². The van der Waals surface area contributed by atoms with Crippen molar-refractivity contribution in [3.63, 3.8) is 0 Å². The number of rotatable bonds is 5. The second kappa shape index (κ2) is 8.06. The Morgan fingerprint density at radius 1 is 1.11 bits per heavy atom. The molecule has 0 aliphatic rings. The first-order chi connectivity index (χ1) is 13.5. The molecule has 0 amide bonds. The van der Waals surface area contributed by atoms with Gasteiger partial charge in [0.1, 0.15) is 6.07 Å². The minimum Gasteiger partial charge on any atom is -0.476 e. The highest BCUT2D eigenvalue weighted by atomic mass is 16.6. The number of oxime groups is 1. The first-order valence-corrected chi connectivity index (χ1v) is 8.44. The lowest BCUT2D eigenvalue weighted by atomic mass is 9.95. The summed E-state index contributed by atoms with van der Waals surface area (Å²) in [6, 6.07) is 21.3. The van der Waals surface area contributed by atoms with Gasteiger partial charge in [-0.2, -0.15) is 5.26 Å². The predicted octanol–water partition coefficient (Wildman–Crippen LogP) is 3.98. The van der Waals surface area contributed by atoms with Gasteiger partial charge in [-0.05, 0) is 36.8 Å². The lowest BCUT2D eigenvalue weighted by Crippen LogP contribution is -2.16. The predicted molar refractivity (Wildman–Crippen MR) is 107 cm³/mol. The summed E-state index contributed by atoms with van der Waals surface area (Å²) in [5.74, 6) is -0.857. The molecule has 138 valence electrons. The number of aryl methyl sites for hydroxylation is 1. The fourth-order valence-corrected chi connectivity index (χ4v) is 2.68. The van der Waals surface area contributed by atoms with E-state index in [1.54, 1.807) is 18.2 Å². The fourth-order valence-electron chi connectivity index (χ4n) is 2.68. The van der Waals surface area contributed by atoms with Gasteiger partial charge in [-0.15, -0.1) is 0 Å². The normalized spacial score (nSPS) is 10.9. The molecule has 6 heteroatoms. The Morgan fingerprint density at radius 2 is 1.79 bits per heavy atom. The van der Waals surface area contributed by atoms with Crippen LogP contribution in [0.1, 0.15) is 16.7 Å². The van der Waals surface area contributed by atoms with E-state index in [-0.39, 0.29) is 22.5 Å². The second-order valence-corrected chi connectivity index (χ2v) is 6.12. The molecular formula is C22H17N3O3.